The van der Waals surface area contributed by atoms with Crippen molar-refractivity contribution in [2.45, 2.75) is 184 Å². The predicted octanol–water partition coefficient (Wildman–Crippen LogP) is 5.02. The van der Waals surface area contributed by atoms with E-state index in [1.54, 1.807) is 99.2 Å². The van der Waals surface area contributed by atoms with E-state index >= 15 is 52.7 Å². The molecular formula is C83H103N19O12S2. The summed E-state index contributed by atoms with van der Waals surface area (Å²) in [6.45, 7) is 6.21. The maximum Gasteiger partial charge on any atom is 0.244 e. The van der Waals surface area contributed by atoms with Gasteiger partial charge in [0.2, 0.25) is 47.3 Å². The quantitative estimate of drug-likeness (QED) is 0.0194. The summed E-state index contributed by atoms with van der Waals surface area (Å²) in [6, 6.07) is 20.2. The zero-order chi connectivity index (χ0) is 83.0. The van der Waals surface area contributed by atoms with Gasteiger partial charge in [-0.15, -0.1) is 0 Å². The number of hydrogen-bond donors (Lipinski definition) is 17. The summed E-state index contributed by atoms with van der Waals surface area (Å²) in [7, 11) is 2.11. The average Bonchev–Trinajstić information content (AvgIpc) is 0.944. The highest BCUT2D eigenvalue weighted by Gasteiger charge is 2.43. The molecule has 0 aliphatic carbocycles. The van der Waals surface area contributed by atoms with Crippen molar-refractivity contribution < 1.29 is 57.5 Å². The maximum atomic E-state index is 15.9. The van der Waals surface area contributed by atoms with Crippen LogP contribution >= 0.6 is 21.6 Å². The first-order chi connectivity index (χ1) is 55.6. The number of aromatic nitrogens is 6. The van der Waals surface area contributed by atoms with Gasteiger partial charge in [0, 0.05) is 146 Å². The van der Waals surface area contributed by atoms with Gasteiger partial charge in [-0.05, 0) is 87.3 Å². The monoisotopic (exact) mass is 1620 g/mol. The molecule has 0 unspecified atom stereocenters. The van der Waals surface area contributed by atoms with Crippen LogP contribution in [0.25, 0.3) is 21.8 Å². The smallest absolute Gasteiger partial charge is 0.244 e. The van der Waals surface area contributed by atoms with E-state index in [2.05, 4.69) is 77.8 Å². The number of amides is 8. The number of rotatable bonds is 21. The lowest BCUT2D eigenvalue weighted by atomic mass is 9.82. The number of nitrogens with two attached hydrogens (primary N) is 2. The molecule has 10 rings (SSSR count). The number of imidazole rings is 2. The van der Waals surface area contributed by atoms with E-state index in [-0.39, 0.29) is 94.7 Å². The minimum Gasteiger partial charge on any atom is -0.388 e. The Labute approximate surface area is 679 Å². The second-order valence-corrected chi connectivity index (χ2v) is 33.5. The third kappa shape index (κ3) is 24.9. The first kappa shape index (κ1) is 86.7. The van der Waals surface area contributed by atoms with Crippen LogP contribution in [0, 0.1) is 34.5 Å². The van der Waals surface area contributed by atoms with E-state index < -0.39 is 173 Å². The lowest BCUT2D eigenvalue weighted by Crippen LogP contribution is -2.63. The van der Waals surface area contributed by atoms with Crippen molar-refractivity contribution >= 4 is 126 Å². The van der Waals surface area contributed by atoms with Crippen molar-refractivity contribution in [2.24, 2.45) is 35.1 Å². The lowest BCUT2D eigenvalue weighted by Gasteiger charge is -2.35. The van der Waals surface area contributed by atoms with Gasteiger partial charge in [0.15, 0.2) is 11.7 Å². The second kappa shape index (κ2) is 41.5. The number of amidine groups is 1. The molecule has 4 aromatic heterocycles. The molecule has 116 heavy (non-hydrogen) atoms. The summed E-state index contributed by atoms with van der Waals surface area (Å²) in [5, 5.41) is 42.8. The number of hydrogen-bond acceptors (Lipinski definition) is 18. The number of H-pyrrole nitrogens is 4. The minimum absolute atomic E-state index is 0.00717. The Morgan fingerprint density at radius 1 is 0.466 bits per heavy atom. The van der Waals surface area contributed by atoms with Crippen LogP contribution in [-0.2, 0) is 96.1 Å². The molecule has 4 aromatic carbocycles. The van der Waals surface area contributed by atoms with Crippen LogP contribution in [0.4, 0.5) is 0 Å². The standard InChI is InChI=1S/C83H103N19O12S2/c1-47-30-69(104)55-38-70(105)51(33-53-40-91-60-24-13-11-22-58(53)60)36-71(106)62(26-15-16-28-72(84)85)96-77(110)65(32-50-20-9-6-10-21-50)100-79(112)67(39-57-43-89-46-94-57)98-74(107)48(2)95-81(114)73(83(3,4)116-115-44-55)102-80(113)66(35-54-41-92-61-25-14-12-23-59(54)61)101-76(109)63(27-17-29-90-82(86)87)97-78(111)64(31-49-18-7-5-8-19-49)99-75(108)52(37-68(47)103)34-56-42-88-45-93-56/h5-14,18-25,40-43,45-48,51-52,55,62-67,73,91-92H,15-17,26-39,44H2,1-4H3,(H3,84,85)(H,88,93)(H,89,94)(H,95,114)(H,96,110)(H,97,111)(H,98,107)(H,99,108)(H,100,112)(H,101,109)(H,102,113)(H4,86,87,90)/t47-,48+,51-,52-,55+,62+,63+,64-,65-,66+,67+,73-/m1/s1. The summed E-state index contributed by atoms with van der Waals surface area (Å²) in [4.78, 5) is 206. The molecule has 2 aliphatic heterocycles. The van der Waals surface area contributed by atoms with Crippen LogP contribution in [0.1, 0.15) is 126 Å². The molecule has 12 atom stereocenters. The normalized spacial score (nSPS) is 24.0. The minimum atomic E-state index is -1.67. The molecule has 33 heteroatoms. The van der Waals surface area contributed by atoms with Crippen molar-refractivity contribution in [3.63, 3.8) is 0 Å². The summed E-state index contributed by atoms with van der Waals surface area (Å²) < 4.78 is -1.50. The summed E-state index contributed by atoms with van der Waals surface area (Å²) in [5.41, 5.74) is 16.0. The first-order valence-corrected chi connectivity index (χ1v) is 41.3. The predicted molar refractivity (Wildman–Crippen MR) is 442 cm³/mol. The second-order valence-electron chi connectivity index (χ2n) is 30.5. The van der Waals surface area contributed by atoms with Gasteiger partial charge in [-0.1, -0.05) is 132 Å². The lowest BCUT2D eigenvalue weighted by molar-refractivity contribution is -0.136. The van der Waals surface area contributed by atoms with Crippen molar-refractivity contribution in [1.82, 2.24) is 77.8 Å². The van der Waals surface area contributed by atoms with E-state index in [0.29, 0.717) is 51.0 Å². The fraction of sp³-hybridized carbons (Fsp3) is 0.422. The molecule has 8 amide bonds. The van der Waals surface area contributed by atoms with E-state index in [0.717, 1.165) is 32.5 Å². The van der Waals surface area contributed by atoms with Gasteiger partial charge in [-0.25, -0.2) is 9.97 Å². The van der Waals surface area contributed by atoms with Crippen LogP contribution in [0.2, 0.25) is 0 Å². The number of Topliss-reactive ketones (excluding diaryl/α,β-unsaturated/α-hetero) is 4. The maximum absolute atomic E-state index is 15.9. The SMILES string of the molecule is C[C@@H]1CC(=O)[C@@H]2CSSC(C)(C)[C@H](NC(=O)[C@H](Cc3c[nH]c4ccccc34)NC(=O)[C@H](CCCNC(=N)N)NC(=O)[C@@H](Cc3ccccc3)NC(=O)[C@H](Cc3c[nH]cn3)CC1=O)C(=O)N[C@@H](C)C(=O)N[C@@H](Cc1c[nH]cn1)C(=O)N[C@H](Cc1ccccc1)C(=O)N[C@@H](CCCCC(=N)N)C(=O)C[C@@H](Cc1c[nH]c3ccccc13)C(=O)C2. The third-order valence-electron chi connectivity index (χ3n) is 21.0. The van der Waals surface area contributed by atoms with Crippen LogP contribution < -0.4 is 59.3 Å². The Morgan fingerprint density at radius 2 is 0.957 bits per heavy atom. The highest BCUT2D eigenvalue weighted by molar-refractivity contribution is 8.77. The topological polar surface area (TPSA) is 502 Å². The zero-order valence-corrected chi connectivity index (χ0v) is 66.9. The van der Waals surface area contributed by atoms with Crippen LogP contribution in [0.5, 0.6) is 0 Å². The summed E-state index contributed by atoms with van der Waals surface area (Å²) in [5.74, 6) is -14.4. The number of nitrogens with one attached hydrogen (secondary N) is 15. The Kier molecular flexibility index (Phi) is 31.0. The van der Waals surface area contributed by atoms with Gasteiger partial charge in [0.1, 0.15) is 59.6 Å². The highest BCUT2D eigenvalue weighted by atomic mass is 33.1. The van der Waals surface area contributed by atoms with E-state index in [1.165, 1.54) is 32.7 Å². The number of ketones is 4. The number of unbranched alkanes of at least 4 members (excludes halogenated alkanes) is 1. The Balaban J connectivity index is 1.11. The molecule has 614 valence electrons. The van der Waals surface area contributed by atoms with Gasteiger partial charge in [0.05, 0.1) is 41.8 Å². The molecule has 0 saturated carbocycles. The van der Waals surface area contributed by atoms with Gasteiger partial charge < -0.3 is 79.3 Å². The largest absolute Gasteiger partial charge is 0.388 e. The molecule has 6 heterocycles. The fourth-order valence-electron chi connectivity index (χ4n) is 14.5. The van der Waals surface area contributed by atoms with Gasteiger partial charge in [-0.2, -0.15) is 0 Å². The Bertz CT molecular complexity index is 4750. The van der Waals surface area contributed by atoms with Crippen molar-refractivity contribution in [3.05, 3.63) is 180 Å². The van der Waals surface area contributed by atoms with E-state index in [1.807, 2.05) is 42.5 Å². The number of carbonyl (C=O) groups excluding carboxylic acids is 12. The average molecular weight is 1620 g/mol. The molecule has 31 nitrogen and oxygen atoms in total. The molecule has 2 saturated heterocycles. The van der Waals surface area contributed by atoms with Gasteiger partial charge in [-0.3, -0.25) is 68.4 Å². The first-order valence-electron chi connectivity index (χ1n) is 39.0. The van der Waals surface area contributed by atoms with Crippen LogP contribution in [0.3, 0.4) is 0 Å². The molecular weight excluding hydrogens is 1520 g/mol. The molecule has 2 bridgehead atoms. The van der Waals surface area contributed by atoms with Crippen molar-refractivity contribution in [3.8, 4) is 0 Å². The zero-order valence-electron chi connectivity index (χ0n) is 65.3. The van der Waals surface area contributed by atoms with E-state index in [4.69, 9.17) is 22.3 Å². The molecule has 2 fully saturated rings. The number of carbonyl (C=O) groups is 12. The van der Waals surface area contributed by atoms with Crippen LogP contribution in [-0.4, -0.2) is 177 Å². The third-order valence-corrected chi connectivity index (χ3v) is 24.4. The Hall–Kier alpha value is -11.7. The number of guanidine groups is 1. The van der Waals surface area contributed by atoms with Crippen molar-refractivity contribution in [2.75, 3.05) is 12.3 Å². The molecule has 19 N–H and O–H groups in total. The number of benzene rings is 4. The molecule has 0 radical (unpaired) electrons. The van der Waals surface area contributed by atoms with Gasteiger partial charge in [0.25, 0.3) is 0 Å². The van der Waals surface area contributed by atoms with Crippen molar-refractivity contribution in [1.29, 1.82) is 10.8 Å². The highest BCUT2D eigenvalue weighted by Crippen LogP contribution is 2.41. The van der Waals surface area contributed by atoms with E-state index in [9.17, 15) is 4.79 Å². The Morgan fingerprint density at radius 3 is 1.53 bits per heavy atom. The fourth-order valence-corrected chi connectivity index (χ4v) is 17.5. The summed E-state index contributed by atoms with van der Waals surface area (Å²) in [6.07, 6.45) is 7.27. The molecule has 8 aromatic rings. The number of aromatic amines is 4. The molecule has 0 spiro atoms. The number of fused-ring (bicyclic) bond motifs is 7. The molecule has 2 aliphatic rings. The van der Waals surface area contributed by atoms with Gasteiger partial charge >= 0.3 is 0 Å². The van der Waals surface area contributed by atoms with Crippen LogP contribution in [0.15, 0.2) is 147 Å². The summed E-state index contributed by atoms with van der Waals surface area (Å²) >= 11 is 0. The number of nitrogens with zero attached hydrogens (tertiary/aromatic N) is 2. The number of para-hydroxylation sites is 2.